The number of esters is 1. The summed E-state index contributed by atoms with van der Waals surface area (Å²) < 4.78 is 31.7. The molecule has 1 fully saturated rings. The Bertz CT molecular complexity index is 592. The van der Waals surface area contributed by atoms with Crippen molar-refractivity contribution in [2.45, 2.75) is 11.3 Å². The normalized spacial score (nSPS) is 17.7. The van der Waals surface area contributed by atoms with Crippen LogP contribution in [0.3, 0.4) is 0 Å². The Balaban J connectivity index is 2.33. The van der Waals surface area contributed by atoms with Gasteiger partial charge in [-0.2, -0.15) is 4.31 Å². The summed E-state index contributed by atoms with van der Waals surface area (Å²) in [6.07, 6.45) is 0.769. The molecular weight excluding hydrogens is 368 g/mol. The van der Waals surface area contributed by atoms with Crippen LogP contribution in [0, 0.1) is 0 Å². The van der Waals surface area contributed by atoms with E-state index in [-0.39, 0.29) is 9.77 Å². The first-order chi connectivity index (χ1) is 9.46. The maximum Gasteiger partial charge on any atom is 0.348 e. The number of nitrogens with zero attached hydrogens (tertiary/aromatic N) is 1. The first-order valence-corrected chi connectivity index (χ1v) is 9.10. The third kappa shape index (κ3) is 3.22. The second-order valence-electron chi connectivity index (χ2n) is 4.25. The highest BCUT2D eigenvalue weighted by atomic mass is 79.9. The summed E-state index contributed by atoms with van der Waals surface area (Å²) in [4.78, 5) is 11.9. The van der Waals surface area contributed by atoms with E-state index in [0.29, 0.717) is 23.4 Å². The fourth-order valence-corrected chi connectivity index (χ4v) is 5.84. The van der Waals surface area contributed by atoms with Crippen LogP contribution < -0.4 is 5.32 Å². The second kappa shape index (κ2) is 6.52. The average Bonchev–Trinajstić information content (AvgIpc) is 2.66. The van der Waals surface area contributed by atoms with Crippen molar-refractivity contribution in [2.75, 3.05) is 33.3 Å². The van der Waals surface area contributed by atoms with Crippen LogP contribution in [0.2, 0.25) is 0 Å². The number of hydrogen-bond donors (Lipinski definition) is 1. The van der Waals surface area contributed by atoms with Crippen molar-refractivity contribution >= 4 is 43.3 Å². The summed E-state index contributed by atoms with van der Waals surface area (Å²) in [5, 5.41) is 3.16. The lowest BCUT2D eigenvalue weighted by atomic mass is 10.4. The Morgan fingerprint density at radius 1 is 1.45 bits per heavy atom. The molecule has 0 aromatic carbocycles. The van der Waals surface area contributed by atoms with Crippen molar-refractivity contribution < 1.29 is 17.9 Å². The van der Waals surface area contributed by atoms with Crippen LogP contribution in [0.4, 0.5) is 0 Å². The average molecular weight is 383 g/mol. The van der Waals surface area contributed by atoms with Gasteiger partial charge in [-0.1, -0.05) is 0 Å². The lowest BCUT2D eigenvalue weighted by Crippen LogP contribution is -2.34. The first-order valence-electron chi connectivity index (χ1n) is 6.05. The highest BCUT2D eigenvalue weighted by molar-refractivity contribution is 9.11. The number of methoxy groups -OCH3 is 1. The maximum absolute atomic E-state index is 12.6. The monoisotopic (exact) mass is 382 g/mol. The van der Waals surface area contributed by atoms with Crippen molar-refractivity contribution in [1.29, 1.82) is 0 Å². The summed E-state index contributed by atoms with van der Waals surface area (Å²) in [5.41, 5.74) is 0. The number of carbonyl (C=O) groups excluding carboxylic acids is 1. The minimum atomic E-state index is -3.59. The molecule has 9 heteroatoms. The van der Waals surface area contributed by atoms with Gasteiger partial charge in [-0.3, -0.25) is 0 Å². The zero-order valence-electron chi connectivity index (χ0n) is 10.9. The van der Waals surface area contributed by atoms with Crippen LogP contribution in [0.25, 0.3) is 0 Å². The van der Waals surface area contributed by atoms with Gasteiger partial charge in [0.2, 0.25) is 10.0 Å². The molecule has 1 N–H and O–H groups in total. The molecule has 112 valence electrons. The minimum absolute atomic E-state index is 0.129. The molecule has 0 unspecified atom stereocenters. The molecule has 1 saturated heterocycles. The fraction of sp³-hybridized carbons (Fsp3) is 0.545. The highest BCUT2D eigenvalue weighted by Crippen LogP contribution is 2.34. The number of thiophene rings is 1. The number of hydrogen-bond acceptors (Lipinski definition) is 6. The van der Waals surface area contributed by atoms with E-state index in [1.54, 1.807) is 0 Å². The topological polar surface area (TPSA) is 75.7 Å². The van der Waals surface area contributed by atoms with Crippen molar-refractivity contribution in [3.63, 3.8) is 0 Å². The van der Waals surface area contributed by atoms with E-state index in [9.17, 15) is 13.2 Å². The van der Waals surface area contributed by atoms with Gasteiger partial charge in [0.15, 0.2) is 0 Å². The molecule has 0 atom stereocenters. The lowest BCUT2D eigenvalue weighted by molar-refractivity contribution is 0.0606. The number of nitrogens with one attached hydrogen (secondary N) is 1. The fourth-order valence-electron chi connectivity index (χ4n) is 1.93. The van der Waals surface area contributed by atoms with Gasteiger partial charge in [-0.05, 0) is 35.0 Å². The molecule has 1 aliphatic rings. The predicted octanol–water partition coefficient (Wildman–Crippen LogP) is 1.28. The van der Waals surface area contributed by atoms with Crippen LogP contribution in [0.1, 0.15) is 16.1 Å². The smallest absolute Gasteiger partial charge is 0.348 e. The van der Waals surface area contributed by atoms with Crippen molar-refractivity contribution in [3.05, 3.63) is 14.7 Å². The van der Waals surface area contributed by atoms with Gasteiger partial charge in [0.1, 0.15) is 9.77 Å². The van der Waals surface area contributed by atoms with Gasteiger partial charge >= 0.3 is 5.97 Å². The number of ether oxygens (including phenoxy) is 1. The highest BCUT2D eigenvalue weighted by Gasteiger charge is 2.30. The molecule has 1 aromatic heterocycles. The number of sulfonamides is 1. The zero-order chi connectivity index (χ0) is 14.8. The van der Waals surface area contributed by atoms with Gasteiger partial charge in [-0.25, -0.2) is 13.2 Å². The second-order valence-corrected chi connectivity index (χ2v) is 8.52. The van der Waals surface area contributed by atoms with Gasteiger partial charge in [0.05, 0.1) is 10.9 Å². The van der Waals surface area contributed by atoms with E-state index >= 15 is 0 Å². The molecule has 0 spiro atoms. The molecule has 1 aromatic rings. The molecule has 1 aliphatic heterocycles. The Morgan fingerprint density at radius 2 is 2.20 bits per heavy atom. The summed E-state index contributed by atoms with van der Waals surface area (Å²) in [6, 6.07) is 1.37. The van der Waals surface area contributed by atoms with E-state index in [0.717, 1.165) is 24.3 Å². The van der Waals surface area contributed by atoms with E-state index in [1.165, 1.54) is 17.5 Å². The molecule has 0 bridgehead atoms. The molecule has 0 aliphatic carbocycles. The van der Waals surface area contributed by atoms with E-state index < -0.39 is 16.0 Å². The van der Waals surface area contributed by atoms with E-state index in [4.69, 9.17) is 0 Å². The molecule has 2 heterocycles. The summed E-state index contributed by atoms with van der Waals surface area (Å²) in [7, 11) is -2.32. The lowest BCUT2D eigenvalue weighted by Gasteiger charge is -2.19. The summed E-state index contributed by atoms with van der Waals surface area (Å²) in [6.45, 7) is 2.35. The molecule has 0 amide bonds. The third-order valence-corrected chi connectivity index (χ3v) is 7.09. The number of carbonyl (C=O) groups is 1. The Labute approximate surface area is 130 Å². The van der Waals surface area contributed by atoms with Gasteiger partial charge in [0.25, 0.3) is 0 Å². The maximum atomic E-state index is 12.6. The SMILES string of the molecule is COC(=O)c1cc(S(=O)(=O)N2CCCNCC2)c(Br)s1. The molecule has 0 saturated carbocycles. The zero-order valence-corrected chi connectivity index (χ0v) is 14.1. The quantitative estimate of drug-likeness (QED) is 0.796. The molecular formula is C11H15BrN2O4S2. The number of rotatable bonds is 3. The van der Waals surface area contributed by atoms with Crippen LogP contribution in [0.5, 0.6) is 0 Å². The van der Waals surface area contributed by atoms with Crippen LogP contribution in [-0.2, 0) is 14.8 Å². The van der Waals surface area contributed by atoms with Crippen molar-refractivity contribution in [2.24, 2.45) is 0 Å². The standard InChI is InChI=1S/C11H15BrN2O4S2/c1-18-11(15)8-7-9(10(12)19-8)20(16,17)14-5-2-3-13-4-6-14/h7,13H,2-6H2,1H3. The molecule has 0 radical (unpaired) electrons. The van der Waals surface area contributed by atoms with E-state index in [1.807, 2.05) is 0 Å². The molecule has 2 rings (SSSR count). The molecule has 6 nitrogen and oxygen atoms in total. The van der Waals surface area contributed by atoms with Gasteiger partial charge in [0, 0.05) is 19.6 Å². The van der Waals surface area contributed by atoms with Gasteiger partial charge in [-0.15, -0.1) is 11.3 Å². The van der Waals surface area contributed by atoms with Gasteiger partial charge < -0.3 is 10.1 Å². The first kappa shape index (κ1) is 15.9. The van der Waals surface area contributed by atoms with Crippen molar-refractivity contribution in [1.82, 2.24) is 9.62 Å². The van der Waals surface area contributed by atoms with E-state index in [2.05, 4.69) is 26.0 Å². The Hall–Kier alpha value is -0.480. The Morgan fingerprint density at radius 3 is 2.90 bits per heavy atom. The van der Waals surface area contributed by atoms with Crippen LogP contribution >= 0.6 is 27.3 Å². The van der Waals surface area contributed by atoms with Crippen LogP contribution in [-0.4, -0.2) is 52.0 Å². The molecule has 20 heavy (non-hydrogen) atoms. The minimum Gasteiger partial charge on any atom is -0.465 e. The third-order valence-electron chi connectivity index (χ3n) is 2.96. The predicted molar refractivity (Wildman–Crippen MR) is 79.6 cm³/mol. The Kier molecular flexibility index (Phi) is 5.19. The number of halogens is 1. The summed E-state index contributed by atoms with van der Waals surface area (Å²) in [5.74, 6) is -0.533. The largest absolute Gasteiger partial charge is 0.465 e. The summed E-state index contributed by atoms with van der Waals surface area (Å²) >= 11 is 4.29. The van der Waals surface area contributed by atoms with Crippen LogP contribution in [0.15, 0.2) is 14.7 Å². The van der Waals surface area contributed by atoms with Crippen molar-refractivity contribution in [3.8, 4) is 0 Å².